The van der Waals surface area contributed by atoms with E-state index in [9.17, 15) is 24.0 Å². The van der Waals surface area contributed by atoms with E-state index in [0.29, 0.717) is 43.9 Å². The average Bonchev–Trinajstić information content (AvgIpc) is 3.74. The fourth-order valence-electron chi connectivity index (χ4n) is 5.80. The van der Waals surface area contributed by atoms with Crippen LogP contribution in [0.5, 0.6) is 0 Å². The fourth-order valence-corrected chi connectivity index (χ4v) is 5.80. The van der Waals surface area contributed by atoms with E-state index in [1.54, 1.807) is 4.90 Å². The van der Waals surface area contributed by atoms with Crippen molar-refractivity contribution >= 4 is 41.1 Å². The molecule has 2 aliphatic rings. The molecule has 0 bridgehead atoms. The van der Waals surface area contributed by atoms with Crippen molar-refractivity contribution in [2.24, 2.45) is 29.6 Å². The van der Waals surface area contributed by atoms with Crippen LogP contribution in [-0.2, 0) is 23.9 Å². The van der Waals surface area contributed by atoms with Gasteiger partial charge in [-0.15, -0.1) is 0 Å². The number of amides is 5. The van der Waals surface area contributed by atoms with E-state index in [4.69, 9.17) is 0 Å². The number of methoxy groups -OCH3 is 1. The van der Waals surface area contributed by atoms with Crippen LogP contribution in [0, 0.1) is 29.6 Å². The lowest BCUT2D eigenvalue weighted by molar-refractivity contribution is -0.135. The van der Waals surface area contributed by atoms with Crippen LogP contribution in [-0.4, -0.2) is 78.9 Å². The van der Waals surface area contributed by atoms with Crippen LogP contribution < -0.4 is 16.0 Å². The number of carbonyl (C=O) groups excluding carboxylic acids is 5. The van der Waals surface area contributed by atoms with Gasteiger partial charge in [0, 0.05) is 43.5 Å². The summed E-state index contributed by atoms with van der Waals surface area (Å²) in [6, 6.07) is 14.4. The first kappa shape index (κ1) is 34.5. The van der Waals surface area contributed by atoms with Gasteiger partial charge >= 0.3 is 6.09 Å². The molecule has 4 rings (SSSR count). The number of hydrogen-bond donors (Lipinski definition) is 3. The number of hydrogen-bond acceptors (Lipinski definition) is 6. The predicted octanol–water partition coefficient (Wildman–Crippen LogP) is 4.60. The van der Waals surface area contributed by atoms with Gasteiger partial charge in [0.15, 0.2) is 0 Å². The summed E-state index contributed by atoms with van der Waals surface area (Å²) >= 11 is 0. The highest BCUT2D eigenvalue weighted by atomic mass is 16.5. The van der Waals surface area contributed by atoms with Crippen molar-refractivity contribution in [2.75, 3.05) is 43.9 Å². The maximum absolute atomic E-state index is 13.0. The highest BCUT2D eigenvalue weighted by molar-refractivity contribution is 5.95. The normalized spacial score (nSPS) is 19.1. The van der Waals surface area contributed by atoms with Crippen molar-refractivity contribution in [3.05, 3.63) is 48.5 Å². The number of alkyl carbamates (subject to hydrolysis) is 1. The van der Waals surface area contributed by atoms with Gasteiger partial charge in [-0.25, -0.2) is 4.79 Å². The van der Waals surface area contributed by atoms with Gasteiger partial charge in [-0.2, -0.15) is 0 Å². The third-order valence-corrected chi connectivity index (χ3v) is 9.16. The summed E-state index contributed by atoms with van der Waals surface area (Å²) in [5.74, 6) is -0.846. The molecule has 2 fully saturated rings. The molecular formula is C35H47N5O6. The molecule has 0 spiro atoms. The lowest BCUT2D eigenvalue weighted by Gasteiger charge is -2.26. The van der Waals surface area contributed by atoms with E-state index in [2.05, 4.69) is 20.7 Å². The van der Waals surface area contributed by atoms with E-state index >= 15 is 0 Å². The minimum atomic E-state index is -0.722. The standard InChI is InChI=1S/C35H47N5O6/c1-21(2)23(5)33(43)39-17-15-26(19-39)31(41)36-28-11-7-24(8-12-28)25-9-13-29(14-10-25)37-32(42)27-16-18-40(20-27)34(44)30(22(3)4)38-35(45)46-6/h7-14,21-23,26-27,30H,15-20H2,1-6H3,(H,36,41)(H,37,42)(H,38,45)/t23-,26?,27?,30-/m0/s1. The van der Waals surface area contributed by atoms with Crippen molar-refractivity contribution in [2.45, 2.75) is 53.5 Å². The monoisotopic (exact) mass is 633 g/mol. The smallest absolute Gasteiger partial charge is 0.407 e. The van der Waals surface area contributed by atoms with Gasteiger partial charge in [0.25, 0.3) is 0 Å². The van der Waals surface area contributed by atoms with Crippen LogP contribution in [0.4, 0.5) is 16.2 Å². The molecule has 2 aromatic carbocycles. The van der Waals surface area contributed by atoms with E-state index in [-0.39, 0.29) is 59.8 Å². The molecule has 3 N–H and O–H groups in total. The second-order valence-corrected chi connectivity index (χ2v) is 13.1. The number of carbonyl (C=O) groups is 5. The number of benzene rings is 2. The first-order valence-corrected chi connectivity index (χ1v) is 16.1. The van der Waals surface area contributed by atoms with Crippen LogP contribution in [0.3, 0.4) is 0 Å². The topological polar surface area (TPSA) is 137 Å². The quantitative estimate of drug-likeness (QED) is 0.350. The zero-order chi connectivity index (χ0) is 33.5. The Morgan fingerprint density at radius 1 is 0.674 bits per heavy atom. The molecular weight excluding hydrogens is 586 g/mol. The molecule has 4 atom stereocenters. The Labute approximate surface area is 271 Å². The first-order valence-electron chi connectivity index (χ1n) is 16.1. The highest BCUT2D eigenvalue weighted by Gasteiger charge is 2.36. The number of nitrogens with one attached hydrogen (secondary N) is 3. The van der Waals surface area contributed by atoms with Crippen molar-refractivity contribution in [1.29, 1.82) is 0 Å². The maximum Gasteiger partial charge on any atom is 0.407 e. The van der Waals surface area contributed by atoms with Crippen LogP contribution in [0.2, 0.25) is 0 Å². The lowest BCUT2D eigenvalue weighted by Crippen LogP contribution is -2.50. The van der Waals surface area contributed by atoms with E-state index in [0.717, 1.165) is 11.1 Å². The number of nitrogens with zero attached hydrogens (tertiary/aromatic N) is 2. The Kier molecular flexibility index (Phi) is 11.4. The minimum Gasteiger partial charge on any atom is -0.453 e. The molecule has 2 unspecified atom stereocenters. The first-order chi connectivity index (χ1) is 21.9. The summed E-state index contributed by atoms with van der Waals surface area (Å²) in [6.45, 7) is 11.5. The summed E-state index contributed by atoms with van der Waals surface area (Å²) in [5, 5.41) is 8.54. The van der Waals surface area contributed by atoms with E-state index in [1.807, 2.05) is 88.0 Å². The second-order valence-electron chi connectivity index (χ2n) is 13.1. The summed E-state index contributed by atoms with van der Waals surface area (Å²) in [7, 11) is 1.25. The van der Waals surface area contributed by atoms with Crippen molar-refractivity contribution < 1.29 is 28.7 Å². The number of ether oxygens (including phenoxy) is 1. The Balaban J connectivity index is 1.27. The Hall–Kier alpha value is -4.41. The van der Waals surface area contributed by atoms with Gasteiger partial charge in [0.1, 0.15) is 6.04 Å². The van der Waals surface area contributed by atoms with Crippen molar-refractivity contribution in [3.8, 4) is 11.1 Å². The zero-order valence-electron chi connectivity index (χ0n) is 27.7. The zero-order valence-corrected chi connectivity index (χ0v) is 27.7. The van der Waals surface area contributed by atoms with Gasteiger partial charge in [-0.1, -0.05) is 58.9 Å². The molecule has 0 aliphatic carbocycles. The summed E-state index contributed by atoms with van der Waals surface area (Å²) in [5.41, 5.74) is 3.27. The molecule has 46 heavy (non-hydrogen) atoms. The molecule has 11 heteroatoms. The molecule has 2 saturated heterocycles. The fraction of sp³-hybridized carbons (Fsp3) is 0.514. The van der Waals surface area contributed by atoms with Gasteiger partial charge in [-0.3, -0.25) is 19.2 Å². The molecule has 0 aromatic heterocycles. The van der Waals surface area contributed by atoms with E-state index in [1.165, 1.54) is 7.11 Å². The lowest BCUT2D eigenvalue weighted by atomic mass is 9.97. The Bertz CT molecular complexity index is 1410. The molecule has 0 saturated carbocycles. The van der Waals surface area contributed by atoms with Gasteiger partial charge in [-0.05, 0) is 60.1 Å². The molecule has 2 aromatic rings. The van der Waals surface area contributed by atoms with Crippen LogP contribution in [0.1, 0.15) is 47.5 Å². The molecule has 5 amide bonds. The third-order valence-electron chi connectivity index (χ3n) is 9.16. The van der Waals surface area contributed by atoms with E-state index < -0.39 is 12.1 Å². The molecule has 2 heterocycles. The summed E-state index contributed by atoms with van der Waals surface area (Å²) < 4.78 is 4.65. The average molecular weight is 634 g/mol. The summed E-state index contributed by atoms with van der Waals surface area (Å²) in [6.07, 6.45) is 0.536. The van der Waals surface area contributed by atoms with Crippen molar-refractivity contribution in [1.82, 2.24) is 15.1 Å². The van der Waals surface area contributed by atoms with Crippen LogP contribution in [0.25, 0.3) is 11.1 Å². The highest BCUT2D eigenvalue weighted by Crippen LogP contribution is 2.27. The maximum atomic E-state index is 13.0. The SMILES string of the molecule is COC(=O)N[C@H](C(=O)N1CCC(C(=O)Nc2ccc(-c3ccc(NC(=O)C4CCN(C(=O)[C@@H](C)C(C)C)C4)cc3)cc2)C1)C(C)C. The molecule has 0 radical (unpaired) electrons. The molecule has 248 valence electrons. The predicted molar refractivity (Wildman–Crippen MR) is 177 cm³/mol. The van der Waals surface area contributed by atoms with Gasteiger partial charge < -0.3 is 30.5 Å². The van der Waals surface area contributed by atoms with Crippen molar-refractivity contribution in [3.63, 3.8) is 0 Å². The number of likely N-dealkylation sites (tertiary alicyclic amines) is 2. The summed E-state index contributed by atoms with van der Waals surface area (Å²) in [4.78, 5) is 66.7. The Morgan fingerprint density at radius 2 is 1.11 bits per heavy atom. The molecule has 2 aliphatic heterocycles. The number of anilines is 2. The Morgan fingerprint density at radius 3 is 1.50 bits per heavy atom. The number of rotatable bonds is 10. The third kappa shape index (κ3) is 8.44. The largest absolute Gasteiger partial charge is 0.453 e. The van der Waals surface area contributed by atoms with Crippen LogP contribution >= 0.6 is 0 Å². The van der Waals surface area contributed by atoms with Crippen LogP contribution in [0.15, 0.2) is 48.5 Å². The minimum absolute atomic E-state index is 0.0583. The molecule has 11 nitrogen and oxygen atoms in total. The van der Waals surface area contributed by atoms with Gasteiger partial charge in [0.05, 0.1) is 18.9 Å². The van der Waals surface area contributed by atoms with Gasteiger partial charge in [0.2, 0.25) is 23.6 Å². The second kappa shape index (κ2) is 15.2.